The van der Waals surface area contributed by atoms with Crippen molar-refractivity contribution in [3.63, 3.8) is 0 Å². The van der Waals surface area contributed by atoms with Crippen LogP contribution in [0.1, 0.15) is 146 Å². The maximum Gasteiger partial charge on any atom is 0.371 e. The molecule has 0 amide bonds. The van der Waals surface area contributed by atoms with E-state index in [1.165, 1.54) is 103 Å². The Labute approximate surface area is 260 Å². The summed E-state index contributed by atoms with van der Waals surface area (Å²) in [7, 11) is 0. The molecular weight excluding hydrogens is 558 g/mol. The summed E-state index contributed by atoms with van der Waals surface area (Å²) in [6.45, 7) is 8.33. The normalized spacial score (nSPS) is 16.0. The summed E-state index contributed by atoms with van der Waals surface area (Å²) in [5.74, 6) is -6.67. The molecule has 0 atom stereocenters. The van der Waals surface area contributed by atoms with E-state index >= 15 is 0 Å². The molecule has 0 fully saturated rings. The van der Waals surface area contributed by atoms with Crippen LogP contribution in [0.2, 0.25) is 0 Å². The molecule has 43 heavy (non-hydrogen) atoms. The van der Waals surface area contributed by atoms with Crippen molar-refractivity contribution in [2.75, 3.05) is 0 Å². The predicted octanol–water partition coefficient (Wildman–Crippen LogP) is 11.8. The summed E-state index contributed by atoms with van der Waals surface area (Å²) in [6.07, 6.45) is 16.9. The number of fused-ring (bicyclic) bond motifs is 4. The van der Waals surface area contributed by atoms with E-state index in [9.17, 15) is 18.4 Å². The standard InChI is InChI=1S/C38H46F2O2S/c1-5-7-9-11-13-15-21-37(22-16-14-12-10-8-6-2)30-23-25(3)17-19-28(30)29-20-18-27(24-31(29)37)34-33-32(26(4)43-34)35(41)38(39,40)36(33)42/h17-20,23-24H,5-16,21-22H2,1-4H3. The molecular formula is C38H46F2O2S. The van der Waals surface area contributed by atoms with Crippen LogP contribution in [0, 0.1) is 13.8 Å². The monoisotopic (exact) mass is 604 g/mol. The van der Waals surface area contributed by atoms with E-state index < -0.39 is 17.5 Å². The summed E-state index contributed by atoms with van der Waals surface area (Å²) in [5, 5.41) is 0. The minimum atomic E-state index is -3.97. The molecule has 5 heteroatoms. The summed E-state index contributed by atoms with van der Waals surface area (Å²) in [6, 6.07) is 13.1. The van der Waals surface area contributed by atoms with Crippen molar-refractivity contribution in [2.24, 2.45) is 0 Å². The fourth-order valence-corrected chi connectivity index (χ4v) is 8.63. The lowest BCUT2D eigenvalue weighted by Crippen LogP contribution is -2.30. The molecule has 0 bridgehead atoms. The first-order chi connectivity index (χ1) is 20.7. The van der Waals surface area contributed by atoms with Gasteiger partial charge in [0, 0.05) is 20.7 Å². The van der Waals surface area contributed by atoms with Crippen molar-refractivity contribution >= 4 is 22.9 Å². The van der Waals surface area contributed by atoms with E-state index in [4.69, 9.17) is 0 Å². The van der Waals surface area contributed by atoms with Gasteiger partial charge >= 0.3 is 5.92 Å². The van der Waals surface area contributed by atoms with Crippen LogP contribution in [0.5, 0.6) is 0 Å². The second kappa shape index (κ2) is 13.1. The zero-order valence-electron chi connectivity index (χ0n) is 26.3. The van der Waals surface area contributed by atoms with Crippen molar-refractivity contribution in [1.82, 2.24) is 0 Å². The largest absolute Gasteiger partial charge is 0.371 e. The number of benzene rings is 2. The van der Waals surface area contributed by atoms with Gasteiger partial charge in [-0.2, -0.15) is 8.78 Å². The fraction of sp³-hybridized carbons (Fsp3) is 0.526. The third-order valence-electron chi connectivity index (χ3n) is 9.80. The molecule has 0 aliphatic heterocycles. The number of ketones is 2. The van der Waals surface area contributed by atoms with Crippen molar-refractivity contribution in [2.45, 2.75) is 129 Å². The SMILES string of the molecule is CCCCCCCCC1(CCCCCCCC)c2cc(C)ccc2-c2ccc(-c3sc(C)c4c3C(=O)C(F)(F)C4=O)cc21. The highest BCUT2D eigenvalue weighted by Gasteiger charge is 2.57. The molecule has 0 saturated carbocycles. The quantitative estimate of drug-likeness (QED) is 0.128. The number of carbonyl (C=O) groups is 2. The summed E-state index contributed by atoms with van der Waals surface area (Å²) in [5.41, 5.74) is 6.85. The molecule has 2 nitrogen and oxygen atoms in total. The number of hydrogen-bond acceptors (Lipinski definition) is 3. The van der Waals surface area contributed by atoms with E-state index in [0.29, 0.717) is 9.75 Å². The summed E-state index contributed by atoms with van der Waals surface area (Å²) < 4.78 is 29.2. The Hall–Kier alpha value is -2.66. The van der Waals surface area contributed by atoms with Gasteiger partial charge in [-0.25, -0.2) is 0 Å². The number of Topliss-reactive ketones (excluding diaryl/α,β-unsaturated/α-hetero) is 2. The lowest BCUT2D eigenvalue weighted by atomic mass is 9.70. The summed E-state index contributed by atoms with van der Waals surface area (Å²) >= 11 is 1.29. The first-order valence-corrected chi connectivity index (χ1v) is 17.4. The van der Waals surface area contributed by atoms with Gasteiger partial charge in [0.2, 0.25) is 11.6 Å². The molecule has 1 heterocycles. The molecule has 0 N–H and O–H groups in total. The highest BCUT2D eigenvalue weighted by Crippen LogP contribution is 2.56. The number of thiophene rings is 1. The number of hydrogen-bond donors (Lipinski definition) is 0. The van der Waals surface area contributed by atoms with Gasteiger partial charge in [-0.3, -0.25) is 9.59 Å². The molecule has 3 aromatic rings. The van der Waals surface area contributed by atoms with E-state index in [1.807, 2.05) is 6.07 Å². The molecule has 230 valence electrons. The second-order valence-corrected chi connectivity index (χ2v) is 14.1. The lowest BCUT2D eigenvalue weighted by molar-refractivity contribution is 0.0189. The Morgan fingerprint density at radius 2 is 1.16 bits per heavy atom. The van der Waals surface area contributed by atoms with Crippen LogP contribution in [0.4, 0.5) is 8.78 Å². The number of unbranched alkanes of at least 4 members (excludes halogenated alkanes) is 10. The zero-order valence-corrected chi connectivity index (χ0v) is 27.2. The first kappa shape index (κ1) is 31.8. The van der Waals surface area contributed by atoms with E-state index in [-0.39, 0.29) is 16.5 Å². The Kier molecular flexibility index (Phi) is 9.70. The van der Waals surface area contributed by atoms with Crippen LogP contribution in [0.25, 0.3) is 21.6 Å². The molecule has 2 aliphatic rings. The minimum Gasteiger partial charge on any atom is -0.287 e. The molecule has 0 saturated heterocycles. The minimum absolute atomic E-state index is 0.0822. The number of alkyl halides is 2. The van der Waals surface area contributed by atoms with Crippen LogP contribution < -0.4 is 0 Å². The van der Waals surface area contributed by atoms with E-state index in [1.54, 1.807) is 6.92 Å². The second-order valence-electron chi connectivity index (χ2n) is 12.9. The Balaban J connectivity index is 1.57. The highest BCUT2D eigenvalue weighted by atomic mass is 32.1. The zero-order chi connectivity index (χ0) is 30.8. The average molecular weight is 605 g/mol. The number of halogens is 2. The number of aryl methyl sites for hydroxylation is 2. The van der Waals surface area contributed by atoms with Gasteiger partial charge < -0.3 is 0 Å². The van der Waals surface area contributed by atoms with Crippen LogP contribution in [0.15, 0.2) is 36.4 Å². The van der Waals surface area contributed by atoms with Crippen molar-refractivity contribution < 1.29 is 18.4 Å². The third kappa shape index (κ3) is 5.79. The number of rotatable bonds is 15. The van der Waals surface area contributed by atoms with Gasteiger partial charge in [0.1, 0.15) is 0 Å². The number of carbonyl (C=O) groups excluding carboxylic acids is 2. The van der Waals surface area contributed by atoms with Crippen molar-refractivity contribution in [1.29, 1.82) is 0 Å². The van der Waals surface area contributed by atoms with Crippen LogP contribution >= 0.6 is 11.3 Å². The molecule has 0 unspecified atom stereocenters. The van der Waals surface area contributed by atoms with Gasteiger partial charge in [0.05, 0.1) is 5.56 Å². The average Bonchev–Trinajstić information content (AvgIpc) is 3.53. The topological polar surface area (TPSA) is 34.1 Å². The molecule has 0 spiro atoms. The Bertz CT molecular complexity index is 1480. The molecule has 0 radical (unpaired) electrons. The third-order valence-corrected chi connectivity index (χ3v) is 11.0. The maximum absolute atomic E-state index is 14.6. The van der Waals surface area contributed by atoms with Crippen LogP contribution in [-0.2, 0) is 5.41 Å². The van der Waals surface area contributed by atoms with Gasteiger partial charge in [0.15, 0.2) is 0 Å². The van der Waals surface area contributed by atoms with Crippen molar-refractivity contribution in [3.8, 4) is 21.6 Å². The highest BCUT2D eigenvalue weighted by molar-refractivity contribution is 7.16. The molecule has 2 aromatic carbocycles. The van der Waals surface area contributed by atoms with Crippen molar-refractivity contribution in [3.05, 3.63) is 69.1 Å². The van der Waals surface area contributed by atoms with Gasteiger partial charge in [0.25, 0.3) is 0 Å². The molecule has 2 aliphatic carbocycles. The van der Waals surface area contributed by atoms with E-state index in [2.05, 4.69) is 51.1 Å². The molecule has 1 aromatic heterocycles. The molecule has 5 rings (SSSR count). The van der Waals surface area contributed by atoms with Crippen LogP contribution in [-0.4, -0.2) is 17.5 Å². The Morgan fingerprint density at radius 3 is 1.77 bits per heavy atom. The van der Waals surface area contributed by atoms with Crippen LogP contribution in [0.3, 0.4) is 0 Å². The lowest BCUT2D eigenvalue weighted by Gasteiger charge is -2.33. The van der Waals surface area contributed by atoms with Gasteiger partial charge in [-0.05, 0) is 60.6 Å². The smallest absolute Gasteiger partial charge is 0.287 e. The fourth-order valence-electron chi connectivity index (χ4n) is 7.48. The van der Waals surface area contributed by atoms with E-state index in [0.717, 1.165) is 31.2 Å². The Morgan fingerprint density at radius 1 is 0.651 bits per heavy atom. The summed E-state index contributed by atoms with van der Waals surface area (Å²) in [4.78, 5) is 26.4. The van der Waals surface area contributed by atoms with Gasteiger partial charge in [-0.1, -0.05) is 127 Å². The predicted molar refractivity (Wildman–Crippen MR) is 175 cm³/mol. The first-order valence-electron chi connectivity index (χ1n) is 16.5. The van der Waals surface area contributed by atoms with Gasteiger partial charge in [-0.15, -0.1) is 11.3 Å². The maximum atomic E-state index is 14.6.